The number of thiophene rings is 1. The Morgan fingerprint density at radius 2 is 2.47 bits per heavy atom. The van der Waals surface area contributed by atoms with E-state index in [0.717, 1.165) is 21.3 Å². The Kier molecular flexibility index (Phi) is 3.54. The van der Waals surface area contributed by atoms with Gasteiger partial charge in [0.2, 0.25) is 5.91 Å². The molecule has 3 heterocycles. The first-order valence-electron chi connectivity index (χ1n) is 5.92. The van der Waals surface area contributed by atoms with Gasteiger partial charge in [0.1, 0.15) is 0 Å². The molecule has 0 radical (unpaired) electrons. The molecule has 2 aromatic rings. The number of rotatable bonds is 3. The Bertz CT molecular complexity index is 589. The molecule has 2 N–H and O–H groups in total. The number of ether oxygens (including phenoxy) is 1. The van der Waals surface area contributed by atoms with Crippen LogP contribution in [0.15, 0.2) is 18.2 Å². The summed E-state index contributed by atoms with van der Waals surface area (Å²) >= 11 is 7.35. The summed E-state index contributed by atoms with van der Waals surface area (Å²) in [5.41, 5.74) is 0.842. The average Bonchev–Trinajstić information content (AvgIpc) is 3.07. The minimum absolute atomic E-state index is 0.0419. The molecule has 1 aliphatic rings. The van der Waals surface area contributed by atoms with Gasteiger partial charge in [-0.2, -0.15) is 5.10 Å². The van der Waals surface area contributed by atoms with Crippen molar-refractivity contribution >= 4 is 34.7 Å². The first-order valence-corrected chi connectivity index (χ1v) is 7.11. The minimum atomic E-state index is -0.0728. The Morgan fingerprint density at radius 3 is 3.16 bits per heavy atom. The van der Waals surface area contributed by atoms with Gasteiger partial charge in [0, 0.05) is 12.7 Å². The predicted molar refractivity (Wildman–Crippen MR) is 74.5 cm³/mol. The minimum Gasteiger partial charge on any atom is -0.381 e. The number of halogens is 1. The zero-order valence-corrected chi connectivity index (χ0v) is 11.6. The Hall–Kier alpha value is -1.37. The monoisotopic (exact) mass is 297 g/mol. The summed E-state index contributed by atoms with van der Waals surface area (Å²) in [6.45, 7) is 1.14. The van der Waals surface area contributed by atoms with Crippen LogP contribution in [0.3, 0.4) is 0 Å². The molecule has 3 rings (SSSR count). The molecule has 0 saturated carbocycles. The third-order valence-electron chi connectivity index (χ3n) is 2.97. The van der Waals surface area contributed by atoms with E-state index in [1.54, 1.807) is 6.07 Å². The lowest BCUT2D eigenvalue weighted by atomic mass is 10.1. The molecule has 0 spiro atoms. The summed E-state index contributed by atoms with van der Waals surface area (Å²) in [6.07, 6.45) is 0.768. The lowest BCUT2D eigenvalue weighted by molar-refractivity contribution is -0.119. The number of aromatic nitrogens is 2. The van der Waals surface area contributed by atoms with Crippen LogP contribution >= 0.6 is 22.9 Å². The van der Waals surface area contributed by atoms with Crippen molar-refractivity contribution in [3.8, 4) is 10.6 Å². The highest BCUT2D eigenvalue weighted by Crippen LogP contribution is 2.30. The molecule has 1 aliphatic heterocycles. The summed E-state index contributed by atoms with van der Waals surface area (Å²) < 4.78 is 5.91. The summed E-state index contributed by atoms with van der Waals surface area (Å²) in [4.78, 5) is 12.9. The fourth-order valence-electron chi connectivity index (χ4n) is 1.94. The number of nitrogens with zero attached hydrogens (tertiary/aromatic N) is 1. The van der Waals surface area contributed by atoms with Crippen molar-refractivity contribution in [3.05, 3.63) is 22.5 Å². The molecular formula is C12H12ClN3O2S. The van der Waals surface area contributed by atoms with Gasteiger partial charge in [-0.05, 0) is 18.6 Å². The molecule has 0 unspecified atom stereocenters. The number of carbonyl (C=O) groups is 1. The molecule has 1 amide bonds. The molecule has 2 aromatic heterocycles. The molecule has 1 saturated heterocycles. The first-order chi connectivity index (χ1) is 9.22. The molecule has 100 valence electrons. The van der Waals surface area contributed by atoms with Gasteiger partial charge in [-0.25, -0.2) is 0 Å². The van der Waals surface area contributed by atoms with E-state index >= 15 is 0 Å². The van der Waals surface area contributed by atoms with Crippen molar-refractivity contribution in [2.75, 3.05) is 18.5 Å². The second-order valence-corrected chi connectivity index (χ2v) is 6.04. The van der Waals surface area contributed by atoms with Crippen LogP contribution in [0.1, 0.15) is 6.42 Å². The van der Waals surface area contributed by atoms with Crippen LogP contribution < -0.4 is 5.32 Å². The van der Waals surface area contributed by atoms with E-state index in [1.807, 2.05) is 12.1 Å². The van der Waals surface area contributed by atoms with Crippen LogP contribution in [0.5, 0.6) is 0 Å². The molecule has 19 heavy (non-hydrogen) atoms. The lowest BCUT2D eigenvalue weighted by Crippen LogP contribution is -2.22. The van der Waals surface area contributed by atoms with Gasteiger partial charge in [-0.3, -0.25) is 9.89 Å². The van der Waals surface area contributed by atoms with Crippen LogP contribution in [0.2, 0.25) is 4.34 Å². The smallest absolute Gasteiger partial charge is 0.231 e. The number of nitrogens with one attached hydrogen (secondary N) is 2. The van der Waals surface area contributed by atoms with Crippen molar-refractivity contribution in [3.63, 3.8) is 0 Å². The number of aromatic amines is 1. The summed E-state index contributed by atoms with van der Waals surface area (Å²) in [6, 6.07) is 5.54. The molecule has 0 aromatic carbocycles. The van der Waals surface area contributed by atoms with E-state index in [0.29, 0.717) is 19.0 Å². The van der Waals surface area contributed by atoms with Gasteiger partial charge in [0.05, 0.1) is 27.4 Å². The summed E-state index contributed by atoms with van der Waals surface area (Å²) in [7, 11) is 0. The van der Waals surface area contributed by atoms with Gasteiger partial charge in [0.15, 0.2) is 5.82 Å². The van der Waals surface area contributed by atoms with Crippen LogP contribution in [-0.4, -0.2) is 29.3 Å². The van der Waals surface area contributed by atoms with E-state index in [2.05, 4.69) is 15.5 Å². The van der Waals surface area contributed by atoms with Crippen LogP contribution in [0.25, 0.3) is 10.6 Å². The largest absolute Gasteiger partial charge is 0.381 e. The number of H-pyrrole nitrogens is 1. The third-order valence-corrected chi connectivity index (χ3v) is 4.23. The van der Waals surface area contributed by atoms with Crippen molar-refractivity contribution in [1.82, 2.24) is 10.2 Å². The van der Waals surface area contributed by atoms with E-state index in [9.17, 15) is 4.79 Å². The van der Waals surface area contributed by atoms with E-state index in [4.69, 9.17) is 16.3 Å². The number of anilines is 1. The van der Waals surface area contributed by atoms with E-state index in [1.165, 1.54) is 11.3 Å². The van der Waals surface area contributed by atoms with Gasteiger partial charge in [-0.15, -0.1) is 11.3 Å². The molecular weight excluding hydrogens is 286 g/mol. The van der Waals surface area contributed by atoms with Gasteiger partial charge >= 0.3 is 0 Å². The van der Waals surface area contributed by atoms with E-state index < -0.39 is 0 Å². The number of hydrogen-bond acceptors (Lipinski definition) is 4. The summed E-state index contributed by atoms with van der Waals surface area (Å²) in [5.74, 6) is 0.410. The zero-order valence-electron chi connectivity index (χ0n) is 9.98. The average molecular weight is 298 g/mol. The fourth-order valence-corrected chi connectivity index (χ4v) is 2.95. The lowest BCUT2D eigenvalue weighted by Gasteiger charge is -2.05. The topological polar surface area (TPSA) is 67.0 Å². The highest BCUT2D eigenvalue weighted by atomic mass is 35.5. The first kappa shape index (κ1) is 12.7. The Balaban J connectivity index is 1.69. The molecule has 0 aliphatic carbocycles. The summed E-state index contributed by atoms with van der Waals surface area (Å²) in [5, 5.41) is 9.76. The molecule has 0 bridgehead atoms. The molecule has 1 atom stereocenters. The van der Waals surface area contributed by atoms with Crippen LogP contribution in [0, 0.1) is 5.92 Å². The van der Waals surface area contributed by atoms with Crippen molar-refractivity contribution < 1.29 is 9.53 Å². The second-order valence-electron chi connectivity index (χ2n) is 4.32. The van der Waals surface area contributed by atoms with Crippen molar-refractivity contribution in [1.29, 1.82) is 0 Å². The van der Waals surface area contributed by atoms with Gasteiger partial charge in [-0.1, -0.05) is 11.6 Å². The van der Waals surface area contributed by atoms with Crippen LogP contribution in [-0.2, 0) is 9.53 Å². The molecule has 1 fully saturated rings. The Morgan fingerprint density at radius 1 is 1.58 bits per heavy atom. The number of carbonyl (C=O) groups excluding carboxylic acids is 1. The van der Waals surface area contributed by atoms with Crippen LogP contribution in [0.4, 0.5) is 5.82 Å². The zero-order chi connectivity index (χ0) is 13.2. The SMILES string of the molecule is O=C(Nc1cc(-c2ccc(Cl)s2)[nH]n1)[C@@H]1CCOC1. The maximum absolute atomic E-state index is 11.9. The number of hydrogen-bond donors (Lipinski definition) is 2. The molecule has 5 nitrogen and oxygen atoms in total. The maximum Gasteiger partial charge on any atom is 0.231 e. The third kappa shape index (κ3) is 2.80. The Labute approximate surface area is 118 Å². The molecule has 7 heteroatoms. The standard InChI is InChI=1S/C12H12ClN3O2S/c13-10-2-1-9(19-10)8-5-11(16-15-8)14-12(17)7-3-4-18-6-7/h1-2,5,7H,3-4,6H2,(H2,14,15,16,17)/t7-/m1/s1. The van der Waals surface area contributed by atoms with Crippen molar-refractivity contribution in [2.24, 2.45) is 5.92 Å². The van der Waals surface area contributed by atoms with Crippen molar-refractivity contribution in [2.45, 2.75) is 6.42 Å². The highest BCUT2D eigenvalue weighted by Gasteiger charge is 2.24. The highest BCUT2D eigenvalue weighted by molar-refractivity contribution is 7.19. The van der Waals surface area contributed by atoms with Gasteiger partial charge < -0.3 is 10.1 Å². The second kappa shape index (κ2) is 5.32. The maximum atomic E-state index is 11.9. The van der Waals surface area contributed by atoms with E-state index in [-0.39, 0.29) is 11.8 Å². The quantitative estimate of drug-likeness (QED) is 0.915. The normalized spacial score (nSPS) is 18.7. The fraction of sp³-hybridized carbons (Fsp3) is 0.333. The number of amides is 1. The van der Waals surface area contributed by atoms with Gasteiger partial charge in [0.25, 0.3) is 0 Å². The predicted octanol–water partition coefficient (Wildman–Crippen LogP) is 2.77.